The van der Waals surface area contributed by atoms with E-state index in [4.69, 9.17) is 20.2 Å². The first-order valence-electron chi connectivity index (χ1n) is 12.1. The number of aliphatic imine (C=N–C) groups is 1. The second-order valence-corrected chi connectivity index (χ2v) is 9.13. The van der Waals surface area contributed by atoms with E-state index in [-0.39, 0.29) is 24.6 Å². The third-order valence-electron chi connectivity index (χ3n) is 6.01. The number of aromatic nitrogens is 4. The number of hydrogen-bond acceptors (Lipinski definition) is 8. The fourth-order valence-electron chi connectivity index (χ4n) is 4.30. The van der Waals surface area contributed by atoms with Crippen LogP contribution in [0.4, 0.5) is 0 Å². The van der Waals surface area contributed by atoms with Gasteiger partial charge in [-0.15, -0.1) is 0 Å². The van der Waals surface area contributed by atoms with E-state index in [2.05, 4.69) is 26.3 Å². The maximum atomic E-state index is 9.70. The average Bonchev–Trinajstić information content (AvgIpc) is 3.41. The van der Waals surface area contributed by atoms with E-state index in [1.54, 1.807) is 4.68 Å². The Balaban J connectivity index is 1.90. The number of nitrogens with two attached hydrogens (primary N) is 1. The molecule has 1 aromatic carbocycles. The number of allylic oxidation sites excluding steroid dienone is 1. The van der Waals surface area contributed by atoms with Crippen LogP contribution in [0.3, 0.4) is 0 Å². The minimum Gasteiger partial charge on any atom is -0.479 e. The molecule has 0 spiro atoms. The molecule has 36 heavy (non-hydrogen) atoms. The highest BCUT2D eigenvalue weighted by molar-refractivity contribution is 6.05. The van der Waals surface area contributed by atoms with E-state index in [0.29, 0.717) is 36.9 Å². The van der Waals surface area contributed by atoms with Crippen LogP contribution in [0, 0.1) is 0 Å². The number of hydrogen-bond donors (Lipinski definition) is 3. The number of nitrogens with zero attached hydrogens (tertiary/aromatic N) is 5. The molecule has 2 atom stereocenters. The number of aryl methyl sites for hydroxylation is 1. The summed E-state index contributed by atoms with van der Waals surface area (Å²) in [5.41, 5.74) is 11.3. The van der Waals surface area contributed by atoms with Gasteiger partial charge in [0.1, 0.15) is 6.10 Å². The number of aromatic amines is 1. The van der Waals surface area contributed by atoms with Gasteiger partial charge in [-0.05, 0) is 57.7 Å². The highest BCUT2D eigenvalue weighted by atomic mass is 16.5. The summed E-state index contributed by atoms with van der Waals surface area (Å²) >= 11 is 0. The Morgan fingerprint density at radius 2 is 2.17 bits per heavy atom. The Kier molecular flexibility index (Phi) is 7.76. The number of ether oxygens (including phenoxy) is 2. The number of rotatable bonds is 4. The van der Waals surface area contributed by atoms with Crippen LogP contribution in [-0.2, 0) is 11.8 Å². The van der Waals surface area contributed by atoms with E-state index in [9.17, 15) is 5.11 Å². The summed E-state index contributed by atoms with van der Waals surface area (Å²) in [6, 6.07) is 5.78. The van der Waals surface area contributed by atoms with Gasteiger partial charge in [0.15, 0.2) is 5.88 Å². The van der Waals surface area contributed by atoms with Crippen LogP contribution >= 0.6 is 0 Å². The SMILES string of the molecule is CCO/C(N)=C1\C=C\c2[nH]nc3ccc(cc23)-c2cnn(C)c2O[C@@H](C)CN(C)CC1=N[C@@H](C)CO. The molecular weight excluding hydrogens is 458 g/mol. The standard InChI is InChI=1S/C26H35N7O3/c1-6-35-25(27)19-8-10-23-20-11-18(7-9-22(20)30-31-23)21-12-28-33(5)26(21)36-17(3)13-32(4)14-24(19)29-16(2)15-34/h7-12,16-17,34H,6,13-15,27H2,1-5H3,(H,30,31)/b10-8+,25-19+,29-24?/t16-,17-/m0/s1. The quantitative estimate of drug-likeness (QED) is 0.477. The number of nitrogens with one attached hydrogen (secondary N) is 1. The number of benzene rings is 1. The van der Waals surface area contributed by atoms with Crippen LogP contribution in [0.25, 0.3) is 28.1 Å². The van der Waals surface area contributed by atoms with Gasteiger partial charge in [0.2, 0.25) is 5.88 Å². The Labute approximate surface area is 211 Å². The predicted octanol–water partition coefficient (Wildman–Crippen LogP) is 2.72. The number of fused-ring (bicyclic) bond motifs is 3. The summed E-state index contributed by atoms with van der Waals surface area (Å²) in [6.07, 6.45) is 5.52. The van der Waals surface area contributed by atoms with Crippen molar-refractivity contribution in [3.63, 3.8) is 0 Å². The van der Waals surface area contributed by atoms with Crippen molar-refractivity contribution >= 4 is 22.7 Å². The number of likely N-dealkylation sites (N-methyl/N-ethyl adjacent to an activating group) is 1. The van der Waals surface area contributed by atoms with Crippen molar-refractivity contribution in [2.45, 2.75) is 32.9 Å². The van der Waals surface area contributed by atoms with E-state index in [1.807, 2.05) is 65.3 Å². The van der Waals surface area contributed by atoms with Crippen molar-refractivity contribution in [1.82, 2.24) is 24.9 Å². The van der Waals surface area contributed by atoms with E-state index < -0.39 is 0 Å². The largest absolute Gasteiger partial charge is 0.479 e. The molecule has 0 aliphatic carbocycles. The molecule has 2 aromatic heterocycles. The summed E-state index contributed by atoms with van der Waals surface area (Å²) in [5.74, 6) is 0.984. The van der Waals surface area contributed by atoms with Crippen LogP contribution in [0.15, 0.2) is 46.9 Å². The molecule has 4 rings (SSSR count). The Morgan fingerprint density at radius 1 is 1.36 bits per heavy atom. The number of H-pyrrole nitrogens is 1. The minimum atomic E-state index is -0.297. The fourth-order valence-corrected chi connectivity index (χ4v) is 4.30. The highest BCUT2D eigenvalue weighted by Gasteiger charge is 2.20. The predicted molar refractivity (Wildman–Crippen MR) is 142 cm³/mol. The van der Waals surface area contributed by atoms with Crippen molar-refractivity contribution < 1.29 is 14.6 Å². The molecule has 3 aromatic rings. The third kappa shape index (κ3) is 5.44. The lowest BCUT2D eigenvalue weighted by Gasteiger charge is -2.24. The zero-order chi connectivity index (χ0) is 25.8. The van der Waals surface area contributed by atoms with Crippen molar-refractivity contribution in [2.24, 2.45) is 17.8 Å². The van der Waals surface area contributed by atoms with Gasteiger partial charge in [-0.1, -0.05) is 6.07 Å². The molecule has 4 N–H and O–H groups in total. The monoisotopic (exact) mass is 493 g/mol. The van der Waals surface area contributed by atoms with Crippen LogP contribution in [-0.4, -0.2) is 81.2 Å². The Morgan fingerprint density at radius 3 is 2.92 bits per heavy atom. The molecule has 0 unspecified atom stereocenters. The molecule has 1 aliphatic heterocycles. The molecule has 0 saturated heterocycles. The topological polar surface area (TPSA) is 127 Å². The van der Waals surface area contributed by atoms with Crippen molar-refractivity contribution in [2.75, 3.05) is 33.4 Å². The Bertz CT molecular complexity index is 1300. The van der Waals surface area contributed by atoms with Gasteiger partial charge in [0.05, 0.1) is 53.5 Å². The molecule has 1 aliphatic rings. The molecule has 3 heterocycles. The summed E-state index contributed by atoms with van der Waals surface area (Å²) < 4.78 is 13.8. The highest BCUT2D eigenvalue weighted by Crippen LogP contribution is 2.33. The second-order valence-electron chi connectivity index (χ2n) is 9.13. The van der Waals surface area contributed by atoms with Gasteiger partial charge in [0.25, 0.3) is 0 Å². The van der Waals surface area contributed by atoms with E-state index in [0.717, 1.165) is 27.7 Å². The molecule has 2 bridgehead atoms. The zero-order valence-electron chi connectivity index (χ0n) is 21.5. The number of aliphatic hydroxyl groups is 1. The normalized spacial score (nSPS) is 21.5. The Hall–Kier alpha value is -3.63. The third-order valence-corrected chi connectivity index (χ3v) is 6.01. The van der Waals surface area contributed by atoms with Crippen LogP contribution in [0.2, 0.25) is 0 Å². The summed E-state index contributed by atoms with van der Waals surface area (Å²) in [6.45, 7) is 7.24. The molecule has 0 saturated carbocycles. The molecular formula is C26H35N7O3. The summed E-state index contributed by atoms with van der Waals surface area (Å²) in [5, 5.41) is 22.7. The van der Waals surface area contributed by atoms with Crippen LogP contribution in [0.1, 0.15) is 26.5 Å². The first-order chi connectivity index (χ1) is 17.3. The molecule has 192 valence electrons. The minimum absolute atomic E-state index is 0.0739. The van der Waals surface area contributed by atoms with Gasteiger partial charge >= 0.3 is 0 Å². The maximum Gasteiger partial charge on any atom is 0.219 e. The van der Waals surface area contributed by atoms with Crippen LogP contribution in [0.5, 0.6) is 5.88 Å². The lowest BCUT2D eigenvalue weighted by atomic mass is 10.0. The van der Waals surface area contributed by atoms with Crippen LogP contribution < -0.4 is 10.5 Å². The van der Waals surface area contributed by atoms with Gasteiger partial charge < -0.3 is 20.3 Å². The van der Waals surface area contributed by atoms with Gasteiger partial charge in [-0.3, -0.25) is 15.0 Å². The van der Waals surface area contributed by atoms with Crippen molar-refractivity contribution in [3.8, 4) is 17.0 Å². The van der Waals surface area contributed by atoms with E-state index >= 15 is 0 Å². The maximum absolute atomic E-state index is 9.70. The van der Waals surface area contributed by atoms with Crippen molar-refractivity contribution in [1.29, 1.82) is 0 Å². The van der Waals surface area contributed by atoms with Gasteiger partial charge in [-0.2, -0.15) is 10.2 Å². The first kappa shape index (κ1) is 25.5. The zero-order valence-corrected chi connectivity index (χ0v) is 21.5. The molecule has 10 heteroatoms. The van der Waals surface area contributed by atoms with Crippen molar-refractivity contribution in [3.05, 3.63) is 47.6 Å². The van der Waals surface area contributed by atoms with Gasteiger partial charge in [-0.25, -0.2) is 4.68 Å². The average molecular weight is 494 g/mol. The van der Waals surface area contributed by atoms with E-state index in [1.165, 1.54) is 0 Å². The van der Waals surface area contributed by atoms with Gasteiger partial charge in [0, 0.05) is 25.5 Å². The second kappa shape index (κ2) is 11.0. The summed E-state index contributed by atoms with van der Waals surface area (Å²) in [4.78, 5) is 6.90. The molecule has 0 fully saturated rings. The fraction of sp³-hybridized carbons (Fsp3) is 0.423. The first-order valence-corrected chi connectivity index (χ1v) is 12.1. The smallest absolute Gasteiger partial charge is 0.219 e. The molecule has 0 amide bonds. The molecule has 0 radical (unpaired) electrons. The number of aliphatic hydroxyl groups excluding tert-OH is 1. The lowest BCUT2D eigenvalue weighted by molar-refractivity contribution is 0.159. The molecule has 10 nitrogen and oxygen atoms in total. The summed E-state index contributed by atoms with van der Waals surface area (Å²) in [7, 11) is 3.88. The lowest BCUT2D eigenvalue weighted by Crippen LogP contribution is -2.36.